The molecule has 6 nitrogen and oxygen atoms in total. The van der Waals surface area contributed by atoms with Crippen molar-refractivity contribution in [2.45, 2.75) is 58.3 Å². The molecule has 0 bridgehead atoms. The van der Waals surface area contributed by atoms with Crippen LogP contribution in [0.3, 0.4) is 0 Å². The Hall–Kier alpha value is -2.24. The molecule has 1 aliphatic rings. The van der Waals surface area contributed by atoms with Crippen LogP contribution in [0, 0.1) is 0 Å². The quantitative estimate of drug-likeness (QED) is 0.904. The van der Waals surface area contributed by atoms with Crippen molar-refractivity contribution in [1.82, 2.24) is 10.2 Å². The van der Waals surface area contributed by atoms with E-state index in [-0.39, 0.29) is 18.7 Å². The molecule has 138 valence electrons. The summed E-state index contributed by atoms with van der Waals surface area (Å²) in [6.07, 6.45) is 1.87. The van der Waals surface area contributed by atoms with Crippen molar-refractivity contribution < 1.29 is 19.1 Å². The van der Waals surface area contributed by atoms with Gasteiger partial charge < -0.3 is 19.7 Å². The lowest BCUT2D eigenvalue weighted by atomic mass is 10.1. The van der Waals surface area contributed by atoms with Gasteiger partial charge in [0.25, 0.3) is 0 Å². The molecule has 2 rings (SSSR count). The molecule has 0 aromatic heterocycles. The number of nitrogens with one attached hydrogen (secondary N) is 1. The highest BCUT2D eigenvalue weighted by molar-refractivity contribution is 5.69. The van der Waals surface area contributed by atoms with E-state index < -0.39 is 11.7 Å². The third kappa shape index (κ3) is 7.03. The van der Waals surface area contributed by atoms with Crippen LogP contribution >= 0.6 is 0 Å². The zero-order valence-corrected chi connectivity index (χ0v) is 15.3. The van der Waals surface area contributed by atoms with Crippen molar-refractivity contribution in [2.24, 2.45) is 0 Å². The van der Waals surface area contributed by atoms with E-state index in [9.17, 15) is 9.59 Å². The van der Waals surface area contributed by atoms with Crippen molar-refractivity contribution in [3.05, 3.63) is 35.9 Å². The van der Waals surface area contributed by atoms with Crippen LogP contribution in [0.1, 0.15) is 45.6 Å². The molecule has 1 atom stereocenters. The average molecular weight is 348 g/mol. The maximum atomic E-state index is 12.3. The molecular formula is C19H28N2O4. The van der Waals surface area contributed by atoms with Gasteiger partial charge >= 0.3 is 12.2 Å². The number of hydrogen-bond acceptors (Lipinski definition) is 4. The highest BCUT2D eigenvalue weighted by Crippen LogP contribution is 2.14. The van der Waals surface area contributed by atoms with Crippen LogP contribution in [0.2, 0.25) is 0 Å². The van der Waals surface area contributed by atoms with Crippen molar-refractivity contribution in [3.63, 3.8) is 0 Å². The van der Waals surface area contributed by atoms with Gasteiger partial charge in [0, 0.05) is 19.1 Å². The molecule has 0 spiro atoms. The number of rotatable bonds is 3. The summed E-state index contributed by atoms with van der Waals surface area (Å²) in [7, 11) is 0. The Labute approximate surface area is 149 Å². The van der Waals surface area contributed by atoms with Crippen LogP contribution in [-0.4, -0.2) is 41.8 Å². The van der Waals surface area contributed by atoms with Crippen LogP contribution in [0.5, 0.6) is 0 Å². The lowest BCUT2D eigenvalue weighted by molar-refractivity contribution is 0.0483. The summed E-state index contributed by atoms with van der Waals surface area (Å²) in [5.41, 5.74) is 0.414. The molecule has 25 heavy (non-hydrogen) atoms. The Balaban J connectivity index is 1.85. The molecule has 6 heteroatoms. The molecule has 2 amide bonds. The van der Waals surface area contributed by atoms with E-state index in [1.807, 2.05) is 51.1 Å². The van der Waals surface area contributed by atoms with Gasteiger partial charge in [-0.25, -0.2) is 9.59 Å². The summed E-state index contributed by atoms with van der Waals surface area (Å²) >= 11 is 0. The molecule has 0 radical (unpaired) electrons. The highest BCUT2D eigenvalue weighted by Gasteiger charge is 2.26. The normalized spacial score (nSPS) is 18.2. The van der Waals surface area contributed by atoms with E-state index in [1.165, 1.54) is 0 Å². The van der Waals surface area contributed by atoms with Gasteiger partial charge in [0.05, 0.1) is 0 Å². The van der Waals surface area contributed by atoms with Gasteiger partial charge in [0.1, 0.15) is 12.2 Å². The van der Waals surface area contributed by atoms with Crippen molar-refractivity contribution >= 4 is 12.2 Å². The molecule has 1 N–H and O–H groups in total. The molecule has 1 aromatic carbocycles. The van der Waals surface area contributed by atoms with Crippen molar-refractivity contribution in [1.29, 1.82) is 0 Å². The molecule has 1 saturated heterocycles. The van der Waals surface area contributed by atoms with Crippen LogP contribution < -0.4 is 5.32 Å². The summed E-state index contributed by atoms with van der Waals surface area (Å²) < 4.78 is 10.7. The summed E-state index contributed by atoms with van der Waals surface area (Å²) in [6.45, 7) is 6.81. The van der Waals surface area contributed by atoms with Gasteiger partial charge in [-0.1, -0.05) is 30.3 Å². The molecule has 1 aromatic rings. The summed E-state index contributed by atoms with van der Waals surface area (Å²) in [5, 5.41) is 2.86. The van der Waals surface area contributed by atoms with Crippen LogP contribution in [0.25, 0.3) is 0 Å². The SMILES string of the molecule is CC(C)(C)OC(=O)N[C@@H]1CCCCN(C(=O)OCc2ccccc2)C1. The summed E-state index contributed by atoms with van der Waals surface area (Å²) in [4.78, 5) is 26.0. The number of amides is 2. The van der Waals surface area contributed by atoms with Crippen molar-refractivity contribution in [3.8, 4) is 0 Å². The fraction of sp³-hybridized carbons (Fsp3) is 0.579. The van der Waals surface area contributed by atoms with E-state index in [0.717, 1.165) is 24.8 Å². The van der Waals surface area contributed by atoms with Crippen LogP contribution in [-0.2, 0) is 16.1 Å². The Morgan fingerprint density at radius 1 is 1.20 bits per heavy atom. The summed E-state index contributed by atoms with van der Waals surface area (Å²) in [6, 6.07) is 9.46. The number of ether oxygens (including phenoxy) is 2. The monoisotopic (exact) mass is 348 g/mol. The fourth-order valence-corrected chi connectivity index (χ4v) is 2.71. The molecule has 1 fully saturated rings. The largest absolute Gasteiger partial charge is 0.445 e. The van der Waals surface area contributed by atoms with Gasteiger partial charge in [0.15, 0.2) is 0 Å². The van der Waals surface area contributed by atoms with Gasteiger partial charge in [-0.05, 0) is 45.6 Å². The maximum absolute atomic E-state index is 12.3. The zero-order valence-electron chi connectivity index (χ0n) is 15.3. The van der Waals surface area contributed by atoms with E-state index >= 15 is 0 Å². The number of nitrogens with zero attached hydrogens (tertiary/aromatic N) is 1. The fourth-order valence-electron chi connectivity index (χ4n) is 2.71. The van der Waals surface area contributed by atoms with E-state index in [0.29, 0.717) is 13.1 Å². The minimum Gasteiger partial charge on any atom is -0.445 e. The maximum Gasteiger partial charge on any atom is 0.410 e. The highest BCUT2D eigenvalue weighted by atomic mass is 16.6. The Morgan fingerprint density at radius 2 is 1.92 bits per heavy atom. The van der Waals surface area contributed by atoms with Gasteiger partial charge in [0.2, 0.25) is 0 Å². The third-order valence-corrected chi connectivity index (χ3v) is 3.86. The van der Waals surface area contributed by atoms with Gasteiger partial charge in [-0.3, -0.25) is 0 Å². The summed E-state index contributed by atoms with van der Waals surface area (Å²) in [5.74, 6) is 0. The molecule has 1 aliphatic heterocycles. The average Bonchev–Trinajstić information content (AvgIpc) is 2.77. The van der Waals surface area contributed by atoms with Crippen LogP contribution in [0.15, 0.2) is 30.3 Å². The smallest absolute Gasteiger partial charge is 0.410 e. The second kappa shape index (κ2) is 8.74. The zero-order chi connectivity index (χ0) is 18.3. The lowest BCUT2D eigenvalue weighted by Gasteiger charge is -2.26. The predicted octanol–water partition coefficient (Wildman–Crippen LogP) is 3.70. The van der Waals surface area contributed by atoms with Crippen molar-refractivity contribution in [2.75, 3.05) is 13.1 Å². The topological polar surface area (TPSA) is 67.9 Å². The third-order valence-electron chi connectivity index (χ3n) is 3.86. The number of carbonyl (C=O) groups is 2. The number of carbonyl (C=O) groups excluding carboxylic acids is 2. The van der Waals surface area contributed by atoms with Gasteiger partial charge in [-0.2, -0.15) is 0 Å². The number of alkyl carbamates (subject to hydrolysis) is 1. The Morgan fingerprint density at radius 3 is 2.60 bits per heavy atom. The molecular weight excluding hydrogens is 320 g/mol. The number of likely N-dealkylation sites (tertiary alicyclic amines) is 1. The first-order chi connectivity index (χ1) is 11.8. The van der Waals surface area contributed by atoms with E-state index in [4.69, 9.17) is 9.47 Å². The second-order valence-electron chi connectivity index (χ2n) is 7.33. The molecule has 0 aliphatic carbocycles. The number of hydrogen-bond donors (Lipinski definition) is 1. The Kier molecular flexibility index (Phi) is 6.67. The predicted molar refractivity (Wildman–Crippen MR) is 95.2 cm³/mol. The first-order valence-corrected chi connectivity index (χ1v) is 8.78. The second-order valence-corrected chi connectivity index (χ2v) is 7.33. The molecule has 0 saturated carbocycles. The Bertz CT molecular complexity index is 569. The van der Waals surface area contributed by atoms with E-state index in [1.54, 1.807) is 4.90 Å². The van der Waals surface area contributed by atoms with Crippen LogP contribution in [0.4, 0.5) is 9.59 Å². The minimum atomic E-state index is -0.539. The van der Waals surface area contributed by atoms with Gasteiger partial charge in [-0.15, -0.1) is 0 Å². The first-order valence-electron chi connectivity index (χ1n) is 8.78. The lowest BCUT2D eigenvalue weighted by Crippen LogP contribution is -2.46. The molecule has 1 heterocycles. The van der Waals surface area contributed by atoms with E-state index in [2.05, 4.69) is 5.32 Å². The molecule has 0 unspecified atom stereocenters. The minimum absolute atomic E-state index is 0.123. The first kappa shape index (κ1) is 19.1. The number of benzene rings is 1. The standard InChI is InChI=1S/C19H28N2O4/c1-19(2,3)25-17(22)20-16-11-7-8-12-21(13-16)18(23)24-14-15-9-5-4-6-10-15/h4-6,9-10,16H,7-8,11-14H2,1-3H3,(H,20,22)/t16-/m1/s1.